The van der Waals surface area contributed by atoms with Crippen LogP contribution >= 0.6 is 0 Å². The van der Waals surface area contributed by atoms with Crippen molar-refractivity contribution in [3.05, 3.63) is 0 Å². The van der Waals surface area contributed by atoms with E-state index in [1.807, 2.05) is 6.92 Å². The van der Waals surface area contributed by atoms with E-state index < -0.39 is 11.8 Å². The fourth-order valence-electron chi connectivity index (χ4n) is 3.97. The molecule has 2 amide bonds. The Morgan fingerprint density at radius 3 is 2.14 bits per heavy atom. The number of hydrogen-bond donors (Lipinski definition) is 2. The van der Waals surface area contributed by atoms with E-state index >= 15 is 0 Å². The van der Waals surface area contributed by atoms with Gasteiger partial charge >= 0.3 is 11.8 Å². The molecule has 4 nitrogen and oxygen atoms in total. The number of rotatable bonds is 5. The molecule has 0 spiro atoms. The van der Waals surface area contributed by atoms with Gasteiger partial charge in [0.15, 0.2) is 0 Å². The summed E-state index contributed by atoms with van der Waals surface area (Å²) in [5.41, 5.74) is 0. The second kappa shape index (κ2) is 9.16. The van der Waals surface area contributed by atoms with Gasteiger partial charge in [0.25, 0.3) is 0 Å². The van der Waals surface area contributed by atoms with Gasteiger partial charge in [-0.05, 0) is 38.0 Å². The van der Waals surface area contributed by atoms with E-state index in [9.17, 15) is 9.59 Å². The normalized spacial score (nSPS) is 22.0. The van der Waals surface area contributed by atoms with E-state index in [1.54, 1.807) is 0 Å². The minimum Gasteiger partial charge on any atom is -0.348 e. The van der Waals surface area contributed by atoms with Crippen LogP contribution in [0.2, 0.25) is 0 Å². The van der Waals surface area contributed by atoms with Crippen LogP contribution in [0.15, 0.2) is 0 Å². The van der Waals surface area contributed by atoms with Gasteiger partial charge in [0, 0.05) is 12.6 Å². The van der Waals surface area contributed by atoms with Crippen molar-refractivity contribution >= 4 is 11.8 Å². The Labute approximate surface area is 134 Å². The minimum absolute atomic E-state index is 0.108. The highest BCUT2D eigenvalue weighted by atomic mass is 16.2. The average Bonchev–Trinajstić information content (AvgIpc) is 2.56. The highest BCUT2D eigenvalue weighted by Crippen LogP contribution is 2.26. The predicted octanol–water partition coefficient (Wildman–Crippen LogP) is 3.16. The number of hydrogen-bond acceptors (Lipinski definition) is 2. The highest BCUT2D eigenvalue weighted by molar-refractivity contribution is 6.35. The fourth-order valence-corrected chi connectivity index (χ4v) is 3.97. The zero-order chi connectivity index (χ0) is 15.8. The van der Waals surface area contributed by atoms with Crippen LogP contribution < -0.4 is 10.6 Å². The molecule has 1 unspecified atom stereocenters. The molecule has 2 rings (SSSR count). The topological polar surface area (TPSA) is 58.2 Å². The van der Waals surface area contributed by atoms with Crippen molar-refractivity contribution in [3.63, 3.8) is 0 Å². The van der Waals surface area contributed by atoms with Crippen LogP contribution in [0.5, 0.6) is 0 Å². The van der Waals surface area contributed by atoms with Crippen molar-refractivity contribution in [2.75, 3.05) is 6.54 Å². The lowest BCUT2D eigenvalue weighted by Gasteiger charge is -2.28. The summed E-state index contributed by atoms with van der Waals surface area (Å²) >= 11 is 0. The largest absolute Gasteiger partial charge is 0.348 e. The molecule has 0 aromatic carbocycles. The van der Waals surface area contributed by atoms with Crippen LogP contribution in [0.4, 0.5) is 0 Å². The molecule has 0 bridgehead atoms. The molecule has 0 saturated heterocycles. The Bertz CT molecular complexity index is 358. The van der Waals surface area contributed by atoms with E-state index in [1.165, 1.54) is 64.2 Å². The monoisotopic (exact) mass is 308 g/mol. The van der Waals surface area contributed by atoms with Gasteiger partial charge in [-0.2, -0.15) is 0 Å². The van der Waals surface area contributed by atoms with Crippen LogP contribution in [0.3, 0.4) is 0 Å². The molecule has 126 valence electrons. The van der Waals surface area contributed by atoms with E-state index in [0.717, 1.165) is 12.3 Å². The first-order valence-electron chi connectivity index (χ1n) is 9.25. The molecule has 0 radical (unpaired) electrons. The van der Waals surface area contributed by atoms with Gasteiger partial charge in [-0.3, -0.25) is 9.59 Å². The summed E-state index contributed by atoms with van der Waals surface area (Å²) < 4.78 is 0. The lowest BCUT2D eigenvalue weighted by atomic mass is 9.84. The molecule has 2 aliphatic carbocycles. The average molecular weight is 308 g/mol. The van der Waals surface area contributed by atoms with Crippen LogP contribution in [-0.2, 0) is 9.59 Å². The SMILES string of the molecule is CC(NC(=O)C(=O)NCCC1CCCCC1)C1CCCCC1. The van der Waals surface area contributed by atoms with E-state index in [-0.39, 0.29) is 6.04 Å². The van der Waals surface area contributed by atoms with Gasteiger partial charge in [-0.15, -0.1) is 0 Å². The maximum Gasteiger partial charge on any atom is 0.309 e. The first-order valence-corrected chi connectivity index (χ1v) is 9.25. The molecule has 22 heavy (non-hydrogen) atoms. The molecule has 2 aliphatic rings. The summed E-state index contributed by atoms with van der Waals surface area (Å²) in [6.07, 6.45) is 13.7. The predicted molar refractivity (Wildman–Crippen MR) is 88.4 cm³/mol. The zero-order valence-corrected chi connectivity index (χ0v) is 14.0. The molecule has 0 aliphatic heterocycles. The summed E-state index contributed by atoms with van der Waals surface area (Å²) in [5, 5.41) is 5.67. The summed E-state index contributed by atoms with van der Waals surface area (Å²) in [5.74, 6) is 0.353. The molecule has 0 heterocycles. The highest BCUT2D eigenvalue weighted by Gasteiger charge is 2.24. The second-order valence-corrected chi connectivity index (χ2v) is 7.21. The lowest BCUT2D eigenvalue weighted by molar-refractivity contribution is -0.139. The maximum absolute atomic E-state index is 12.0. The van der Waals surface area contributed by atoms with Crippen LogP contribution in [0, 0.1) is 11.8 Å². The first kappa shape index (κ1) is 17.3. The van der Waals surface area contributed by atoms with E-state index in [0.29, 0.717) is 12.5 Å². The quantitative estimate of drug-likeness (QED) is 0.767. The first-order chi connectivity index (χ1) is 10.7. The number of nitrogens with one attached hydrogen (secondary N) is 2. The maximum atomic E-state index is 12.0. The Hall–Kier alpha value is -1.06. The number of carbonyl (C=O) groups is 2. The molecule has 2 saturated carbocycles. The molecule has 1 atom stereocenters. The van der Waals surface area contributed by atoms with Crippen molar-refractivity contribution < 1.29 is 9.59 Å². The van der Waals surface area contributed by atoms with Crippen LogP contribution in [0.1, 0.15) is 77.6 Å². The van der Waals surface area contributed by atoms with Gasteiger partial charge in [0.1, 0.15) is 0 Å². The van der Waals surface area contributed by atoms with Crippen molar-refractivity contribution in [3.8, 4) is 0 Å². The minimum atomic E-state index is -0.460. The molecular formula is C18H32N2O2. The van der Waals surface area contributed by atoms with Gasteiger partial charge in [0.05, 0.1) is 0 Å². The smallest absolute Gasteiger partial charge is 0.309 e. The van der Waals surface area contributed by atoms with E-state index in [2.05, 4.69) is 10.6 Å². The van der Waals surface area contributed by atoms with Crippen LogP contribution in [-0.4, -0.2) is 24.4 Å². The third-order valence-corrected chi connectivity index (χ3v) is 5.48. The Morgan fingerprint density at radius 2 is 1.50 bits per heavy atom. The fraction of sp³-hybridized carbons (Fsp3) is 0.889. The summed E-state index contributed by atoms with van der Waals surface area (Å²) in [6, 6.07) is 0.108. The summed E-state index contributed by atoms with van der Waals surface area (Å²) in [7, 11) is 0. The molecule has 0 aromatic rings. The lowest BCUT2D eigenvalue weighted by Crippen LogP contribution is -2.46. The third kappa shape index (κ3) is 5.62. The van der Waals surface area contributed by atoms with Gasteiger partial charge in [-0.1, -0.05) is 51.4 Å². The Balaban J connectivity index is 1.62. The van der Waals surface area contributed by atoms with Crippen LogP contribution in [0.25, 0.3) is 0 Å². The van der Waals surface area contributed by atoms with Crippen molar-refractivity contribution in [2.45, 2.75) is 83.6 Å². The molecular weight excluding hydrogens is 276 g/mol. The summed E-state index contributed by atoms with van der Waals surface area (Å²) in [6.45, 7) is 2.66. The second-order valence-electron chi connectivity index (χ2n) is 7.21. The third-order valence-electron chi connectivity index (χ3n) is 5.48. The van der Waals surface area contributed by atoms with Gasteiger partial charge in [0.2, 0.25) is 0 Å². The molecule has 2 fully saturated rings. The summed E-state index contributed by atoms with van der Waals surface area (Å²) in [4.78, 5) is 23.8. The van der Waals surface area contributed by atoms with Gasteiger partial charge in [-0.25, -0.2) is 0 Å². The molecule has 0 aromatic heterocycles. The standard InChI is InChI=1S/C18H32N2O2/c1-14(16-10-6-3-7-11-16)20-18(22)17(21)19-13-12-15-8-4-2-5-9-15/h14-16H,2-13H2,1H3,(H,19,21)(H,20,22). The van der Waals surface area contributed by atoms with E-state index in [4.69, 9.17) is 0 Å². The zero-order valence-electron chi connectivity index (χ0n) is 14.0. The van der Waals surface area contributed by atoms with Crippen molar-refractivity contribution in [2.24, 2.45) is 11.8 Å². The van der Waals surface area contributed by atoms with Gasteiger partial charge < -0.3 is 10.6 Å². The number of carbonyl (C=O) groups excluding carboxylic acids is 2. The van der Waals surface area contributed by atoms with Crippen molar-refractivity contribution in [1.29, 1.82) is 0 Å². The van der Waals surface area contributed by atoms with Crippen molar-refractivity contribution in [1.82, 2.24) is 10.6 Å². The Morgan fingerprint density at radius 1 is 0.909 bits per heavy atom. The molecule has 4 heteroatoms. The number of amides is 2. The Kier molecular flexibility index (Phi) is 7.20. The molecule has 2 N–H and O–H groups in total.